The summed E-state index contributed by atoms with van der Waals surface area (Å²) in [6.07, 6.45) is 0.649. The average Bonchev–Trinajstić information content (AvgIpc) is 2.92. The number of nitrogens with two attached hydrogens (primary N) is 1. The second kappa shape index (κ2) is 6.25. The van der Waals surface area contributed by atoms with Crippen molar-refractivity contribution in [2.45, 2.75) is 26.3 Å². The number of nitrogens with one attached hydrogen (secondary N) is 2. The predicted octanol–water partition coefficient (Wildman–Crippen LogP) is 1.18. The first kappa shape index (κ1) is 14.1. The molecule has 1 heterocycles. The molecule has 1 amide bonds. The number of hydrogen-bond donors (Lipinski definition) is 3. The van der Waals surface area contributed by atoms with Crippen LogP contribution in [0.25, 0.3) is 11.4 Å². The lowest BCUT2D eigenvalue weighted by Gasteiger charge is -2.14. The molecular formula is C13H18N6O. The smallest absolute Gasteiger partial charge is 0.241 e. The maximum Gasteiger partial charge on any atom is 0.241 e. The molecule has 1 atom stereocenters. The minimum Gasteiger partial charge on any atom is -0.325 e. The van der Waals surface area contributed by atoms with Gasteiger partial charge in [0.25, 0.3) is 0 Å². The van der Waals surface area contributed by atoms with Crippen LogP contribution in [-0.2, 0) is 4.79 Å². The average molecular weight is 274 g/mol. The van der Waals surface area contributed by atoms with Gasteiger partial charge in [-0.25, -0.2) is 0 Å². The van der Waals surface area contributed by atoms with E-state index < -0.39 is 6.04 Å². The highest BCUT2D eigenvalue weighted by atomic mass is 16.2. The molecule has 2 aromatic rings. The number of hydrogen-bond acceptors (Lipinski definition) is 5. The van der Waals surface area contributed by atoms with E-state index in [2.05, 4.69) is 25.9 Å². The van der Waals surface area contributed by atoms with E-state index in [1.807, 2.05) is 26.0 Å². The maximum absolute atomic E-state index is 12.0. The minimum atomic E-state index is -0.510. The Kier molecular flexibility index (Phi) is 4.41. The predicted molar refractivity (Wildman–Crippen MR) is 75.7 cm³/mol. The molecule has 0 saturated heterocycles. The second-order valence-electron chi connectivity index (χ2n) is 5.04. The van der Waals surface area contributed by atoms with Crippen LogP contribution < -0.4 is 11.1 Å². The lowest BCUT2D eigenvalue weighted by molar-refractivity contribution is -0.117. The molecule has 0 radical (unpaired) electrons. The molecule has 0 bridgehead atoms. The monoisotopic (exact) mass is 274 g/mol. The van der Waals surface area contributed by atoms with Crippen LogP contribution in [0.2, 0.25) is 0 Å². The van der Waals surface area contributed by atoms with Crippen LogP contribution in [0.1, 0.15) is 20.3 Å². The fourth-order valence-corrected chi connectivity index (χ4v) is 1.87. The molecule has 2 rings (SSSR count). The van der Waals surface area contributed by atoms with E-state index in [0.29, 0.717) is 23.9 Å². The Morgan fingerprint density at radius 3 is 2.90 bits per heavy atom. The molecule has 7 heteroatoms. The quantitative estimate of drug-likeness (QED) is 0.758. The summed E-state index contributed by atoms with van der Waals surface area (Å²) in [6, 6.07) is 6.72. The third-order valence-corrected chi connectivity index (χ3v) is 2.80. The minimum absolute atomic E-state index is 0.191. The molecular weight excluding hydrogens is 256 g/mol. The summed E-state index contributed by atoms with van der Waals surface area (Å²) in [7, 11) is 0. The Hall–Kier alpha value is -2.28. The molecule has 0 aliphatic rings. The summed E-state index contributed by atoms with van der Waals surface area (Å²) in [5, 5.41) is 16.5. The molecule has 0 aliphatic carbocycles. The number of aromatic amines is 1. The van der Waals surface area contributed by atoms with Gasteiger partial charge in [0.1, 0.15) is 0 Å². The Labute approximate surface area is 117 Å². The molecule has 0 aliphatic heterocycles. The number of rotatable bonds is 5. The number of carbonyl (C=O) groups is 1. The van der Waals surface area contributed by atoms with Gasteiger partial charge in [0.2, 0.25) is 11.7 Å². The first-order valence-electron chi connectivity index (χ1n) is 6.46. The highest BCUT2D eigenvalue weighted by molar-refractivity contribution is 5.95. The Morgan fingerprint density at radius 2 is 2.25 bits per heavy atom. The number of amides is 1. The van der Waals surface area contributed by atoms with Crippen molar-refractivity contribution in [1.82, 2.24) is 20.6 Å². The highest BCUT2D eigenvalue weighted by Gasteiger charge is 2.15. The zero-order valence-corrected chi connectivity index (χ0v) is 11.5. The topological polar surface area (TPSA) is 110 Å². The van der Waals surface area contributed by atoms with Gasteiger partial charge < -0.3 is 11.1 Å². The van der Waals surface area contributed by atoms with Crippen molar-refractivity contribution >= 4 is 11.6 Å². The number of tetrazole rings is 1. The molecule has 0 fully saturated rings. The van der Waals surface area contributed by atoms with Crippen molar-refractivity contribution in [3.63, 3.8) is 0 Å². The largest absolute Gasteiger partial charge is 0.325 e. The molecule has 20 heavy (non-hydrogen) atoms. The van der Waals surface area contributed by atoms with Crippen molar-refractivity contribution in [2.24, 2.45) is 11.7 Å². The van der Waals surface area contributed by atoms with Crippen LogP contribution in [0, 0.1) is 5.92 Å². The molecule has 0 spiro atoms. The number of aromatic nitrogens is 4. The van der Waals surface area contributed by atoms with Gasteiger partial charge in [0.15, 0.2) is 0 Å². The van der Waals surface area contributed by atoms with Crippen molar-refractivity contribution in [2.75, 3.05) is 5.32 Å². The summed E-state index contributed by atoms with van der Waals surface area (Å²) in [4.78, 5) is 12.0. The zero-order valence-electron chi connectivity index (χ0n) is 11.5. The van der Waals surface area contributed by atoms with Gasteiger partial charge >= 0.3 is 0 Å². The van der Waals surface area contributed by atoms with Gasteiger partial charge in [-0.2, -0.15) is 5.21 Å². The fourth-order valence-electron chi connectivity index (χ4n) is 1.87. The number of benzene rings is 1. The summed E-state index contributed by atoms with van der Waals surface area (Å²) >= 11 is 0. The summed E-state index contributed by atoms with van der Waals surface area (Å²) in [6.45, 7) is 4.06. The highest BCUT2D eigenvalue weighted by Crippen LogP contribution is 2.18. The van der Waals surface area contributed by atoms with Crippen LogP contribution in [0.3, 0.4) is 0 Å². The fraction of sp³-hybridized carbons (Fsp3) is 0.385. The normalized spacial score (nSPS) is 12.4. The van der Waals surface area contributed by atoms with Crippen molar-refractivity contribution in [1.29, 1.82) is 0 Å². The van der Waals surface area contributed by atoms with Gasteiger partial charge in [-0.1, -0.05) is 26.0 Å². The molecule has 1 aromatic carbocycles. The van der Waals surface area contributed by atoms with Crippen LogP contribution >= 0.6 is 0 Å². The number of H-pyrrole nitrogens is 1. The van der Waals surface area contributed by atoms with Crippen molar-refractivity contribution in [3.05, 3.63) is 24.3 Å². The van der Waals surface area contributed by atoms with Gasteiger partial charge in [0, 0.05) is 11.3 Å². The Morgan fingerprint density at radius 1 is 1.45 bits per heavy atom. The van der Waals surface area contributed by atoms with Crippen molar-refractivity contribution in [3.8, 4) is 11.4 Å². The standard InChI is InChI=1S/C13H18N6O/c1-8(2)6-11(14)13(20)15-10-5-3-4-9(7-10)12-16-18-19-17-12/h3-5,7-8,11H,6,14H2,1-2H3,(H,15,20)(H,16,17,18,19)/t11-/m0/s1. The summed E-state index contributed by atoms with van der Waals surface area (Å²) < 4.78 is 0. The number of carbonyl (C=O) groups excluding carboxylic acids is 1. The van der Waals surface area contributed by atoms with Gasteiger partial charge in [0.05, 0.1) is 6.04 Å². The van der Waals surface area contributed by atoms with Crippen LogP contribution in [-0.4, -0.2) is 32.6 Å². The van der Waals surface area contributed by atoms with Gasteiger partial charge in [-0.15, -0.1) is 10.2 Å². The van der Waals surface area contributed by atoms with E-state index in [9.17, 15) is 4.79 Å². The van der Waals surface area contributed by atoms with Gasteiger partial charge in [-0.05, 0) is 29.7 Å². The van der Waals surface area contributed by atoms with E-state index in [1.54, 1.807) is 12.1 Å². The van der Waals surface area contributed by atoms with Crippen LogP contribution in [0.15, 0.2) is 24.3 Å². The lowest BCUT2D eigenvalue weighted by atomic mass is 10.0. The third-order valence-electron chi connectivity index (χ3n) is 2.80. The SMILES string of the molecule is CC(C)C[C@H](N)C(=O)Nc1cccc(-c2nn[nH]n2)c1. The maximum atomic E-state index is 12.0. The number of nitrogens with zero attached hydrogens (tertiary/aromatic N) is 3. The van der Waals surface area contributed by atoms with Crippen LogP contribution in [0.5, 0.6) is 0 Å². The third kappa shape index (κ3) is 3.61. The molecule has 0 saturated carbocycles. The summed E-state index contributed by atoms with van der Waals surface area (Å²) in [5.74, 6) is 0.665. The Bertz CT molecular complexity index is 566. The zero-order chi connectivity index (χ0) is 14.5. The van der Waals surface area contributed by atoms with Crippen molar-refractivity contribution < 1.29 is 4.79 Å². The van der Waals surface area contributed by atoms with E-state index in [4.69, 9.17) is 5.73 Å². The molecule has 106 valence electrons. The molecule has 1 aromatic heterocycles. The number of anilines is 1. The van der Waals surface area contributed by atoms with E-state index in [0.717, 1.165) is 5.56 Å². The first-order chi connectivity index (χ1) is 9.56. The van der Waals surface area contributed by atoms with E-state index in [-0.39, 0.29) is 5.91 Å². The Balaban J connectivity index is 2.07. The van der Waals surface area contributed by atoms with E-state index in [1.165, 1.54) is 0 Å². The lowest BCUT2D eigenvalue weighted by Crippen LogP contribution is -2.36. The van der Waals surface area contributed by atoms with Crippen LogP contribution in [0.4, 0.5) is 5.69 Å². The van der Waals surface area contributed by atoms with Gasteiger partial charge in [-0.3, -0.25) is 4.79 Å². The molecule has 7 nitrogen and oxygen atoms in total. The summed E-state index contributed by atoms with van der Waals surface area (Å²) in [5.41, 5.74) is 7.28. The van der Waals surface area contributed by atoms with E-state index >= 15 is 0 Å². The molecule has 4 N–H and O–H groups in total. The molecule has 0 unspecified atom stereocenters. The second-order valence-corrected chi connectivity index (χ2v) is 5.04. The first-order valence-corrected chi connectivity index (χ1v) is 6.46.